The summed E-state index contributed by atoms with van der Waals surface area (Å²) in [6.07, 6.45) is 0.866. The smallest absolute Gasteiger partial charge is 0.287 e. The minimum atomic E-state index is -1.88. The Bertz CT molecular complexity index is 249. The number of rotatable bonds is 2. The van der Waals surface area contributed by atoms with Gasteiger partial charge in [-0.15, -0.1) is 0 Å². The minimum Gasteiger partial charge on any atom is -0.355 e. The first-order valence-electron chi connectivity index (χ1n) is 4.27. The summed E-state index contributed by atoms with van der Waals surface area (Å²) in [7, 11) is 0. The van der Waals surface area contributed by atoms with E-state index in [4.69, 9.17) is 39.6 Å². The molecule has 1 aliphatic heterocycles. The zero-order chi connectivity index (χ0) is 11.0. The zero-order valence-corrected chi connectivity index (χ0v) is 10.2. The van der Waals surface area contributed by atoms with Crippen molar-refractivity contribution in [2.75, 3.05) is 0 Å². The summed E-state index contributed by atoms with van der Waals surface area (Å²) in [6, 6.07) is 0. The molecule has 6 heteroatoms. The van der Waals surface area contributed by atoms with Crippen LogP contribution in [0.5, 0.6) is 0 Å². The van der Waals surface area contributed by atoms with Gasteiger partial charge in [0.2, 0.25) is 0 Å². The second-order valence-electron chi connectivity index (χ2n) is 3.81. The molecule has 1 N–H and O–H groups in total. The van der Waals surface area contributed by atoms with Gasteiger partial charge >= 0.3 is 0 Å². The first-order chi connectivity index (χ1) is 6.24. The average molecular weight is 261 g/mol. The maximum atomic E-state index is 9.78. The lowest BCUT2D eigenvalue weighted by atomic mass is 10.0. The van der Waals surface area contributed by atoms with E-state index in [9.17, 15) is 5.11 Å². The third-order valence-electron chi connectivity index (χ3n) is 1.86. The molecule has 0 radical (unpaired) electrons. The Morgan fingerprint density at radius 1 is 1.57 bits per heavy atom. The summed E-state index contributed by atoms with van der Waals surface area (Å²) in [4.78, 5) is 4.77. The molecule has 14 heavy (non-hydrogen) atoms. The van der Waals surface area contributed by atoms with Crippen molar-refractivity contribution < 1.29 is 9.94 Å². The topological polar surface area (TPSA) is 41.8 Å². The highest BCUT2D eigenvalue weighted by atomic mass is 35.6. The molecule has 1 aliphatic rings. The molecule has 0 saturated heterocycles. The molecular weight excluding hydrogens is 248 g/mol. The van der Waals surface area contributed by atoms with E-state index in [1.807, 2.05) is 13.8 Å². The van der Waals surface area contributed by atoms with E-state index in [2.05, 4.69) is 5.16 Å². The number of aliphatic hydroxyl groups is 1. The Balaban J connectivity index is 2.61. The van der Waals surface area contributed by atoms with Crippen LogP contribution >= 0.6 is 34.8 Å². The van der Waals surface area contributed by atoms with Crippen molar-refractivity contribution in [3.05, 3.63) is 0 Å². The fourth-order valence-corrected chi connectivity index (χ4v) is 1.52. The van der Waals surface area contributed by atoms with Crippen LogP contribution in [0.2, 0.25) is 0 Å². The highest BCUT2D eigenvalue weighted by molar-refractivity contribution is 6.68. The summed E-state index contributed by atoms with van der Waals surface area (Å²) < 4.78 is -1.88. The summed E-state index contributed by atoms with van der Waals surface area (Å²) in [6.45, 7) is 4.07. The lowest BCUT2D eigenvalue weighted by molar-refractivity contribution is -0.181. The van der Waals surface area contributed by atoms with E-state index in [1.54, 1.807) is 0 Å². The second-order valence-corrected chi connectivity index (χ2v) is 6.09. The second kappa shape index (κ2) is 4.05. The van der Waals surface area contributed by atoms with E-state index in [0.29, 0.717) is 11.6 Å². The Morgan fingerprint density at radius 3 is 2.50 bits per heavy atom. The standard InChI is InChI=1S/C8H12Cl3NO2/c1-5(2)3-6-4-7(13,14-12-6)8(9,10)11/h5,13H,3-4H2,1-2H3/t7-/m0/s1. The predicted molar refractivity (Wildman–Crippen MR) is 57.8 cm³/mol. The monoisotopic (exact) mass is 259 g/mol. The fourth-order valence-electron chi connectivity index (χ4n) is 1.21. The summed E-state index contributed by atoms with van der Waals surface area (Å²) in [5, 5.41) is 13.5. The summed E-state index contributed by atoms with van der Waals surface area (Å²) >= 11 is 16.7. The van der Waals surface area contributed by atoms with Crippen molar-refractivity contribution in [1.29, 1.82) is 0 Å². The quantitative estimate of drug-likeness (QED) is 0.776. The van der Waals surface area contributed by atoms with Gasteiger partial charge in [0.15, 0.2) is 0 Å². The zero-order valence-electron chi connectivity index (χ0n) is 7.93. The van der Waals surface area contributed by atoms with E-state index in [1.165, 1.54) is 0 Å². The first-order valence-corrected chi connectivity index (χ1v) is 5.41. The van der Waals surface area contributed by atoms with Crippen LogP contribution in [-0.4, -0.2) is 20.4 Å². The molecule has 0 amide bonds. The molecule has 3 nitrogen and oxygen atoms in total. The maximum absolute atomic E-state index is 9.78. The molecule has 0 unspecified atom stereocenters. The van der Waals surface area contributed by atoms with Gasteiger partial charge in [-0.05, 0) is 12.3 Å². The largest absolute Gasteiger partial charge is 0.355 e. The van der Waals surface area contributed by atoms with Gasteiger partial charge in [0.1, 0.15) is 0 Å². The molecule has 0 saturated carbocycles. The summed E-state index contributed by atoms with van der Waals surface area (Å²) in [5.74, 6) is -1.39. The number of oxime groups is 1. The van der Waals surface area contributed by atoms with Crippen LogP contribution < -0.4 is 0 Å². The number of hydrogen-bond donors (Lipinski definition) is 1. The highest BCUT2D eigenvalue weighted by Crippen LogP contribution is 2.44. The van der Waals surface area contributed by atoms with Crippen molar-refractivity contribution >= 4 is 40.5 Å². The van der Waals surface area contributed by atoms with Crippen molar-refractivity contribution in [3.8, 4) is 0 Å². The van der Waals surface area contributed by atoms with Gasteiger partial charge in [-0.1, -0.05) is 53.8 Å². The maximum Gasteiger partial charge on any atom is 0.287 e. The molecule has 0 aromatic carbocycles. The van der Waals surface area contributed by atoms with Crippen LogP contribution in [0, 0.1) is 5.92 Å². The normalized spacial score (nSPS) is 27.8. The number of nitrogens with zero attached hydrogens (tertiary/aromatic N) is 1. The van der Waals surface area contributed by atoms with Crippen LogP contribution in [0.15, 0.2) is 5.16 Å². The molecule has 1 rings (SSSR count). The molecular formula is C8H12Cl3NO2. The van der Waals surface area contributed by atoms with E-state index >= 15 is 0 Å². The van der Waals surface area contributed by atoms with Gasteiger partial charge in [-0.3, -0.25) is 0 Å². The molecule has 0 aliphatic carbocycles. The third kappa shape index (κ3) is 2.66. The van der Waals surface area contributed by atoms with Gasteiger partial charge < -0.3 is 9.94 Å². The molecule has 0 spiro atoms. The summed E-state index contributed by atoms with van der Waals surface area (Å²) in [5.41, 5.74) is 0.717. The minimum absolute atomic E-state index is 0.141. The van der Waals surface area contributed by atoms with Crippen molar-refractivity contribution in [1.82, 2.24) is 0 Å². The Hall–Kier alpha value is 0.300. The van der Waals surface area contributed by atoms with Crippen molar-refractivity contribution in [3.63, 3.8) is 0 Å². The lowest BCUT2D eigenvalue weighted by Gasteiger charge is -2.26. The van der Waals surface area contributed by atoms with Gasteiger partial charge in [-0.25, -0.2) is 0 Å². The van der Waals surface area contributed by atoms with Gasteiger partial charge in [0.05, 0.1) is 12.1 Å². The van der Waals surface area contributed by atoms with E-state index in [-0.39, 0.29) is 6.42 Å². The third-order valence-corrected chi connectivity index (χ3v) is 2.74. The number of alkyl halides is 3. The molecule has 0 aromatic rings. The first kappa shape index (κ1) is 12.4. The molecule has 82 valence electrons. The molecule has 0 fully saturated rings. The molecule has 1 heterocycles. The molecule has 0 bridgehead atoms. The number of halogens is 3. The van der Waals surface area contributed by atoms with Crippen LogP contribution in [-0.2, 0) is 4.84 Å². The SMILES string of the molecule is CC(C)CC1=NO[C@](O)(C(Cl)(Cl)Cl)C1. The Labute approximate surface area is 98.0 Å². The predicted octanol–water partition coefficient (Wildman–Crippen LogP) is 2.87. The fraction of sp³-hybridized carbons (Fsp3) is 0.875. The molecule has 0 aromatic heterocycles. The van der Waals surface area contributed by atoms with Crippen LogP contribution in [0.25, 0.3) is 0 Å². The van der Waals surface area contributed by atoms with Gasteiger partial charge in [0, 0.05) is 0 Å². The van der Waals surface area contributed by atoms with Crippen LogP contribution in [0.4, 0.5) is 0 Å². The number of hydrogen-bond acceptors (Lipinski definition) is 3. The Kier molecular flexibility index (Phi) is 3.58. The molecule has 1 atom stereocenters. The van der Waals surface area contributed by atoms with Crippen LogP contribution in [0.3, 0.4) is 0 Å². The van der Waals surface area contributed by atoms with E-state index in [0.717, 1.165) is 6.42 Å². The van der Waals surface area contributed by atoms with Gasteiger partial charge in [0.25, 0.3) is 9.58 Å². The lowest BCUT2D eigenvalue weighted by Crippen LogP contribution is -2.42. The van der Waals surface area contributed by atoms with Crippen molar-refractivity contribution in [2.24, 2.45) is 11.1 Å². The van der Waals surface area contributed by atoms with Crippen molar-refractivity contribution in [2.45, 2.75) is 36.3 Å². The van der Waals surface area contributed by atoms with Crippen LogP contribution in [0.1, 0.15) is 26.7 Å². The van der Waals surface area contributed by atoms with Gasteiger partial charge in [-0.2, -0.15) is 0 Å². The highest BCUT2D eigenvalue weighted by Gasteiger charge is 2.53. The Morgan fingerprint density at radius 2 is 2.14 bits per heavy atom. The average Bonchev–Trinajstić information content (AvgIpc) is 2.30. The van der Waals surface area contributed by atoms with E-state index < -0.39 is 9.58 Å².